The van der Waals surface area contributed by atoms with Gasteiger partial charge in [0.2, 0.25) is 5.91 Å². The second-order valence-corrected chi connectivity index (χ2v) is 7.01. The van der Waals surface area contributed by atoms with E-state index in [1.54, 1.807) is 4.90 Å². The van der Waals surface area contributed by atoms with Gasteiger partial charge < -0.3 is 10.2 Å². The molecule has 4 nitrogen and oxygen atoms in total. The van der Waals surface area contributed by atoms with Crippen LogP contribution in [0.2, 0.25) is 0 Å². The standard InChI is InChI=1S/C22H26N2O2/c1-4-17-9-11-18(12-10-17)22(26)24-13-5-6-20(24)21(25)23-19-14-15(2)7-8-16(19)3/h7-12,14,20H,4-6,13H2,1-3H3,(H,23,25)/t20-/m1/s1. The zero-order valence-electron chi connectivity index (χ0n) is 15.7. The third kappa shape index (κ3) is 3.79. The number of rotatable bonds is 4. The Hall–Kier alpha value is -2.62. The Morgan fingerprint density at radius 1 is 1.12 bits per heavy atom. The van der Waals surface area contributed by atoms with Gasteiger partial charge in [-0.2, -0.15) is 0 Å². The number of hydrogen-bond donors (Lipinski definition) is 1. The molecule has 136 valence electrons. The van der Waals surface area contributed by atoms with Gasteiger partial charge in [-0.25, -0.2) is 0 Å². The minimum atomic E-state index is -0.409. The molecule has 0 bridgehead atoms. The van der Waals surface area contributed by atoms with Gasteiger partial charge in [-0.05, 0) is 68.0 Å². The van der Waals surface area contributed by atoms with Gasteiger partial charge in [0, 0.05) is 17.8 Å². The number of nitrogens with zero attached hydrogens (tertiary/aromatic N) is 1. The van der Waals surface area contributed by atoms with E-state index in [0.717, 1.165) is 29.7 Å². The molecule has 2 aromatic rings. The highest BCUT2D eigenvalue weighted by molar-refractivity contribution is 6.01. The minimum Gasteiger partial charge on any atom is -0.327 e. The van der Waals surface area contributed by atoms with Crippen molar-refractivity contribution in [2.24, 2.45) is 0 Å². The summed E-state index contributed by atoms with van der Waals surface area (Å²) in [5.74, 6) is -0.166. The van der Waals surface area contributed by atoms with Gasteiger partial charge in [-0.3, -0.25) is 9.59 Å². The number of amides is 2. The van der Waals surface area contributed by atoms with E-state index >= 15 is 0 Å². The average Bonchev–Trinajstić information content (AvgIpc) is 3.14. The van der Waals surface area contributed by atoms with Gasteiger partial charge in [0.05, 0.1) is 0 Å². The van der Waals surface area contributed by atoms with Crippen molar-refractivity contribution in [3.8, 4) is 0 Å². The summed E-state index contributed by atoms with van der Waals surface area (Å²) in [6.07, 6.45) is 2.50. The molecule has 4 heteroatoms. The summed E-state index contributed by atoms with van der Waals surface area (Å²) in [4.78, 5) is 27.4. The van der Waals surface area contributed by atoms with Crippen LogP contribution in [0.5, 0.6) is 0 Å². The van der Waals surface area contributed by atoms with E-state index in [1.165, 1.54) is 5.56 Å². The lowest BCUT2D eigenvalue weighted by Crippen LogP contribution is -2.43. The zero-order valence-corrected chi connectivity index (χ0v) is 15.7. The van der Waals surface area contributed by atoms with Crippen molar-refractivity contribution in [3.63, 3.8) is 0 Å². The monoisotopic (exact) mass is 350 g/mol. The number of likely N-dealkylation sites (tertiary alicyclic amines) is 1. The number of aryl methyl sites for hydroxylation is 3. The Morgan fingerprint density at radius 2 is 1.85 bits per heavy atom. The number of hydrogen-bond acceptors (Lipinski definition) is 2. The summed E-state index contributed by atoms with van der Waals surface area (Å²) in [6.45, 7) is 6.69. The van der Waals surface area contributed by atoms with Crippen LogP contribution in [0.4, 0.5) is 5.69 Å². The molecule has 1 N–H and O–H groups in total. The van der Waals surface area contributed by atoms with Crippen LogP contribution in [-0.4, -0.2) is 29.3 Å². The van der Waals surface area contributed by atoms with Crippen LogP contribution in [-0.2, 0) is 11.2 Å². The van der Waals surface area contributed by atoms with Crippen LogP contribution in [0.1, 0.15) is 46.8 Å². The quantitative estimate of drug-likeness (QED) is 0.902. The molecule has 2 amide bonds. The molecule has 1 atom stereocenters. The minimum absolute atomic E-state index is 0.0636. The van der Waals surface area contributed by atoms with Crippen molar-refractivity contribution < 1.29 is 9.59 Å². The summed E-state index contributed by atoms with van der Waals surface area (Å²) in [6, 6.07) is 13.3. The molecule has 0 saturated carbocycles. The van der Waals surface area contributed by atoms with E-state index in [9.17, 15) is 9.59 Å². The van der Waals surface area contributed by atoms with Gasteiger partial charge in [-0.1, -0.05) is 31.2 Å². The lowest BCUT2D eigenvalue weighted by atomic mass is 10.1. The summed E-state index contributed by atoms with van der Waals surface area (Å²) in [7, 11) is 0. The molecule has 2 aromatic carbocycles. The summed E-state index contributed by atoms with van der Waals surface area (Å²) < 4.78 is 0. The summed E-state index contributed by atoms with van der Waals surface area (Å²) >= 11 is 0. The number of anilines is 1. The second-order valence-electron chi connectivity index (χ2n) is 7.01. The highest BCUT2D eigenvalue weighted by Crippen LogP contribution is 2.23. The number of benzene rings is 2. The molecular weight excluding hydrogens is 324 g/mol. The van der Waals surface area contributed by atoms with E-state index < -0.39 is 6.04 Å². The molecule has 26 heavy (non-hydrogen) atoms. The first-order valence-corrected chi connectivity index (χ1v) is 9.27. The molecule has 1 fully saturated rings. The van der Waals surface area contributed by atoms with Crippen molar-refractivity contribution in [2.45, 2.75) is 46.1 Å². The fraction of sp³-hybridized carbons (Fsp3) is 0.364. The van der Waals surface area contributed by atoms with Crippen LogP contribution >= 0.6 is 0 Å². The van der Waals surface area contributed by atoms with Crippen molar-refractivity contribution in [1.29, 1.82) is 0 Å². The molecule has 0 aliphatic carbocycles. The maximum Gasteiger partial charge on any atom is 0.254 e. The Morgan fingerprint density at radius 3 is 2.54 bits per heavy atom. The lowest BCUT2D eigenvalue weighted by Gasteiger charge is -2.24. The van der Waals surface area contributed by atoms with E-state index in [4.69, 9.17) is 0 Å². The smallest absolute Gasteiger partial charge is 0.254 e. The summed E-state index contributed by atoms with van der Waals surface area (Å²) in [5, 5.41) is 3.01. The fourth-order valence-electron chi connectivity index (χ4n) is 3.42. The first-order valence-electron chi connectivity index (χ1n) is 9.27. The molecule has 0 spiro atoms. The van der Waals surface area contributed by atoms with Crippen LogP contribution in [0.25, 0.3) is 0 Å². The molecule has 1 heterocycles. The van der Waals surface area contributed by atoms with Gasteiger partial charge in [0.1, 0.15) is 6.04 Å². The second kappa shape index (κ2) is 7.73. The molecule has 0 unspecified atom stereocenters. The predicted molar refractivity (Wildman–Crippen MR) is 104 cm³/mol. The Labute approximate surface area is 155 Å². The van der Waals surface area contributed by atoms with Gasteiger partial charge in [-0.15, -0.1) is 0 Å². The highest BCUT2D eigenvalue weighted by Gasteiger charge is 2.34. The van der Waals surface area contributed by atoms with E-state index in [0.29, 0.717) is 18.5 Å². The number of carbonyl (C=O) groups is 2. The Balaban J connectivity index is 1.75. The van der Waals surface area contributed by atoms with Crippen LogP contribution < -0.4 is 5.32 Å². The maximum absolute atomic E-state index is 12.9. The first-order chi connectivity index (χ1) is 12.5. The van der Waals surface area contributed by atoms with Crippen LogP contribution in [0.3, 0.4) is 0 Å². The third-order valence-electron chi connectivity index (χ3n) is 5.08. The van der Waals surface area contributed by atoms with E-state index in [-0.39, 0.29) is 11.8 Å². The Bertz CT molecular complexity index is 811. The Kier molecular flexibility index (Phi) is 5.40. The average molecular weight is 350 g/mol. The van der Waals surface area contributed by atoms with Gasteiger partial charge in [0.15, 0.2) is 0 Å². The highest BCUT2D eigenvalue weighted by atomic mass is 16.2. The third-order valence-corrected chi connectivity index (χ3v) is 5.08. The number of nitrogens with one attached hydrogen (secondary N) is 1. The molecule has 1 aliphatic rings. The van der Waals surface area contributed by atoms with Gasteiger partial charge in [0.25, 0.3) is 5.91 Å². The molecular formula is C22H26N2O2. The topological polar surface area (TPSA) is 49.4 Å². The van der Waals surface area contributed by atoms with Crippen LogP contribution in [0.15, 0.2) is 42.5 Å². The van der Waals surface area contributed by atoms with Crippen molar-refractivity contribution in [1.82, 2.24) is 4.90 Å². The number of carbonyl (C=O) groups excluding carboxylic acids is 2. The van der Waals surface area contributed by atoms with Crippen molar-refractivity contribution in [3.05, 3.63) is 64.7 Å². The van der Waals surface area contributed by atoms with Crippen LogP contribution in [0, 0.1) is 13.8 Å². The molecule has 1 aliphatic heterocycles. The maximum atomic E-state index is 12.9. The molecule has 0 aromatic heterocycles. The van der Waals surface area contributed by atoms with E-state index in [1.807, 2.05) is 56.3 Å². The zero-order chi connectivity index (χ0) is 18.7. The predicted octanol–water partition coefficient (Wildman–Crippen LogP) is 4.11. The van der Waals surface area contributed by atoms with Crippen molar-refractivity contribution in [2.75, 3.05) is 11.9 Å². The fourth-order valence-corrected chi connectivity index (χ4v) is 3.42. The largest absolute Gasteiger partial charge is 0.327 e. The van der Waals surface area contributed by atoms with Crippen molar-refractivity contribution >= 4 is 17.5 Å². The molecule has 1 saturated heterocycles. The van der Waals surface area contributed by atoms with E-state index in [2.05, 4.69) is 12.2 Å². The summed E-state index contributed by atoms with van der Waals surface area (Å²) in [5.41, 5.74) is 4.79. The molecule has 0 radical (unpaired) electrons. The molecule has 3 rings (SSSR count). The SMILES string of the molecule is CCc1ccc(C(=O)N2CCC[C@@H]2C(=O)Nc2cc(C)ccc2C)cc1. The first kappa shape index (κ1) is 18.2. The van der Waals surface area contributed by atoms with Gasteiger partial charge >= 0.3 is 0 Å². The lowest BCUT2D eigenvalue weighted by molar-refractivity contribution is -0.119. The normalized spacial score (nSPS) is 16.6.